The third-order valence-corrected chi connectivity index (χ3v) is 5.14. The van der Waals surface area contributed by atoms with Crippen molar-refractivity contribution in [1.29, 1.82) is 0 Å². The van der Waals surface area contributed by atoms with E-state index in [1.54, 1.807) is 25.2 Å². The first kappa shape index (κ1) is 15.2. The van der Waals surface area contributed by atoms with Crippen LogP contribution in [0.25, 0.3) is 10.2 Å². The molecule has 0 fully saturated rings. The summed E-state index contributed by atoms with van der Waals surface area (Å²) in [7, 11) is 0. The summed E-state index contributed by atoms with van der Waals surface area (Å²) in [6.07, 6.45) is 5.86. The van der Waals surface area contributed by atoms with Gasteiger partial charge in [-0.05, 0) is 31.2 Å². The molecule has 6 heteroatoms. The maximum atomic E-state index is 11.6. The number of aromatic nitrogens is 2. The summed E-state index contributed by atoms with van der Waals surface area (Å²) in [5.41, 5.74) is 7.49. The van der Waals surface area contributed by atoms with Gasteiger partial charge in [-0.15, -0.1) is 11.3 Å². The number of nitrogen functional groups attached to an aromatic ring is 1. The number of anilines is 1. The van der Waals surface area contributed by atoms with Crippen LogP contribution in [0.15, 0.2) is 0 Å². The number of nitrogens with zero attached hydrogens (tertiary/aromatic N) is 2. The lowest BCUT2D eigenvalue weighted by molar-refractivity contribution is -0.148. The maximum absolute atomic E-state index is 11.6. The molecule has 0 spiro atoms. The van der Waals surface area contributed by atoms with E-state index in [1.165, 1.54) is 29.7 Å². The van der Waals surface area contributed by atoms with E-state index in [0.717, 1.165) is 23.1 Å². The lowest BCUT2D eigenvalue weighted by Gasteiger charge is -2.07. The van der Waals surface area contributed by atoms with Crippen molar-refractivity contribution < 1.29 is 9.53 Å². The van der Waals surface area contributed by atoms with Crippen LogP contribution in [0.2, 0.25) is 0 Å². The topological polar surface area (TPSA) is 78.1 Å². The van der Waals surface area contributed by atoms with E-state index in [1.807, 2.05) is 0 Å². The number of carbonyl (C=O) groups excluding carboxylic acids is 1. The second-order valence-corrected chi connectivity index (χ2v) is 7.12. The Kier molecular flexibility index (Phi) is 4.29. The number of aryl methyl sites for hydroxylation is 2. The first-order chi connectivity index (χ1) is 10.6. The Bertz CT molecular complexity index is 709. The molecule has 0 atom stereocenters. The molecule has 2 aromatic rings. The van der Waals surface area contributed by atoms with Gasteiger partial charge in [-0.1, -0.05) is 20.3 Å². The zero-order chi connectivity index (χ0) is 15.7. The summed E-state index contributed by atoms with van der Waals surface area (Å²) in [6, 6.07) is 0. The van der Waals surface area contributed by atoms with Gasteiger partial charge in [0.1, 0.15) is 10.6 Å². The summed E-state index contributed by atoms with van der Waals surface area (Å²) in [6.45, 7) is 3.69. The van der Waals surface area contributed by atoms with Gasteiger partial charge in [-0.2, -0.15) is 0 Å². The van der Waals surface area contributed by atoms with Crippen molar-refractivity contribution >= 4 is 33.3 Å². The quantitative estimate of drug-likeness (QED) is 0.694. The van der Waals surface area contributed by atoms with E-state index >= 15 is 0 Å². The Labute approximate surface area is 133 Å². The van der Waals surface area contributed by atoms with Gasteiger partial charge in [0.05, 0.1) is 11.3 Å². The fourth-order valence-corrected chi connectivity index (χ4v) is 4.06. The molecule has 22 heavy (non-hydrogen) atoms. The van der Waals surface area contributed by atoms with Crippen LogP contribution in [0.5, 0.6) is 0 Å². The lowest BCUT2D eigenvalue weighted by atomic mass is 10.1. The molecular weight excluding hydrogens is 298 g/mol. The minimum Gasteiger partial charge on any atom is -0.457 e. The van der Waals surface area contributed by atoms with Crippen LogP contribution in [0, 0.1) is 5.92 Å². The Hall–Kier alpha value is -1.69. The molecule has 0 radical (unpaired) electrons. The number of hydrogen-bond acceptors (Lipinski definition) is 6. The van der Waals surface area contributed by atoms with Gasteiger partial charge in [0.25, 0.3) is 0 Å². The number of nitrogens with two attached hydrogens (primary N) is 1. The highest BCUT2D eigenvalue weighted by atomic mass is 32.1. The Morgan fingerprint density at radius 3 is 2.82 bits per heavy atom. The number of hydrogen-bond donors (Lipinski definition) is 1. The SMILES string of the molecule is CC(C)C(=O)OCc1nc(N)c2c3c(sc2n1)CCCCC3. The van der Waals surface area contributed by atoms with Crippen LogP contribution in [-0.2, 0) is 29.0 Å². The molecule has 1 aliphatic carbocycles. The van der Waals surface area contributed by atoms with E-state index in [0.29, 0.717) is 11.6 Å². The van der Waals surface area contributed by atoms with Gasteiger partial charge in [0.15, 0.2) is 12.4 Å². The van der Waals surface area contributed by atoms with Gasteiger partial charge in [0, 0.05) is 4.88 Å². The largest absolute Gasteiger partial charge is 0.457 e. The van der Waals surface area contributed by atoms with Crippen molar-refractivity contribution in [3.8, 4) is 0 Å². The van der Waals surface area contributed by atoms with Gasteiger partial charge in [0.2, 0.25) is 0 Å². The molecule has 118 valence electrons. The van der Waals surface area contributed by atoms with Crippen LogP contribution >= 0.6 is 11.3 Å². The third kappa shape index (κ3) is 2.92. The predicted molar refractivity (Wildman–Crippen MR) is 87.7 cm³/mol. The van der Waals surface area contributed by atoms with E-state index in [2.05, 4.69) is 9.97 Å². The number of ether oxygens (including phenoxy) is 1. The number of carbonyl (C=O) groups is 1. The molecule has 0 aliphatic heterocycles. The molecule has 0 unspecified atom stereocenters. The summed E-state index contributed by atoms with van der Waals surface area (Å²) in [5, 5.41) is 1.01. The predicted octanol–water partition coefficient (Wildman–Crippen LogP) is 3.24. The Morgan fingerprint density at radius 1 is 1.27 bits per heavy atom. The number of esters is 1. The second kappa shape index (κ2) is 6.20. The van der Waals surface area contributed by atoms with Gasteiger partial charge < -0.3 is 10.5 Å². The highest BCUT2D eigenvalue weighted by molar-refractivity contribution is 7.18. The Morgan fingerprint density at radius 2 is 2.05 bits per heavy atom. The standard InChI is InChI=1S/C16H21N3O2S/c1-9(2)16(20)21-8-12-18-14(17)13-10-6-4-3-5-7-11(10)22-15(13)19-12/h9H,3-8H2,1-2H3,(H2,17,18,19). The van der Waals surface area contributed by atoms with Crippen molar-refractivity contribution in [3.63, 3.8) is 0 Å². The van der Waals surface area contributed by atoms with Gasteiger partial charge in [-0.3, -0.25) is 4.79 Å². The number of thiophene rings is 1. The van der Waals surface area contributed by atoms with Crippen LogP contribution < -0.4 is 5.73 Å². The third-order valence-electron chi connectivity index (χ3n) is 3.95. The van der Waals surface area contributed by atoms with Crippen molar-refractivity contribution in [2.75, 3.05) is 5.73 Å². The van der Waals surface area contributed by atoms with Crippen LogP contribution in [0.3, 0.4) is 0 Å². The minimum atomic E-state index is -0.246. The van der Waals surface area contributed by atoms with E-state index in [4.69, 9.17) is 10.5 Å². The molecule has 0 saturated heterocycles. The normalized spacial score (nSPS) is 14.9. The molecule has 2 heterocycles. The molecule has 0 bridgehead atoms. The van der Waals surface area contributed by atoms with Crippen molar-refractivity contribution in [1.82, 2.24) is 9.97 Å². The Balaban J connectivity index is 1.91. The van der Waals surface area contributed by atoms with E-state index in [-0.39, 0.29) is 18.5 Å². The van der Waals surface area contributed by atoms with Crippen LogP contribution in [-0.4, -0.2) is 15.9 Å². The average molecular weight is 319 g/mol. The fraction of sp³-hybridized carbons (Fsp3) is 0.562. The molecule has 3 rings (SSSR count). The minimum absolute atomic E-state index is 0.0831. The summed E-state index contributed by atoms with van der Waals surface area (Å²) < 4.78 is 5.20. The van der Waals surface area contributed by atoms with Gasteiger partial charge in [-0.25, -0.2) is 9.97 Å². The molecule has 0 saturated carbocycles. The average Bonchev–Trinajstić information content (AvgIpc) is 2.67. The zero-order valence-corrected chi connectivity index (χ0v) is 13.8. The summed E-state index contributed by atoms with van der Waals surface area (Å²) >= 11 is 1.71. The first-order valence-corrected chi connectivity index (χ1v) is 8.61. The zero-order valence-electron chi connectivity index (χ0n) is 13.0. The molecule has 5 nitrogen and oxygen atoms in total. The smallest absolute Gasteiger partial charge is 0.308 e. The molecule has 0 aromatic carbocycles. The number of rotatable bonds is 3. The molecule has 2 N–H and O–H groups in total. The van der Waals surface area contributed by atoms with E-state index < -0.39 is 0 Å². The second-order valence-electron chi connectivity index (χ2n) is 6.03. The van der Waals surface area contributed by atoms with Crippen LogP contribution in [0.4, 0.5) is 5.82 Å². The van der Waals surface area contributed by atoms with E-state index in [9.17, 15) is 4.79 Å². The van der Waals surface area contributed by atoms with Gasteiger partial charge >= 0.3 is 5.97 Å². The highest BCUT2D eigenvalue weighted by Gasteiger charge is 2.19. The molecule has 2 aromatic heterocycles. The van der Waals surface area contributed by atoms with Crippen LogP contribution in [0.1, 0.15) is 49.4 Å². The highest BCUT2D eigenvalue weighted by Crippen LogP contribution is 2.37. The summed E-state index contributed by atoms with van der Waals surface area (Å²) in [4.78, 5) is 22.8. The fourth-order valence-electron chi connectivity index (χ4n) is 2.78. The molecule has 0 amide bonds. The monoisotopic (exact) mass is 319 g/mol. The lowest BCUT2D eigenvalue weighted by Crippen LogP contribution is -2.13. The van der Waals surface area contributed by atoms with Crippen molar-refractivity contribution in [3.05, 3.63) is 16.3 Å². The van der Waals surface area contributed by atoms with Crippen molar-refractivity contribution in [2.45, 2.75) is 52.6 Å². The number of fused-ring (bicyclic) bond motifs is 3. The maximum Gasteiger partial charge on any atom is 0.308 e. The summed E-state index contributed by atoms with van der Waals surface area (Å²) in [5.74, 6) is 0.596. The molecular formula is C16H21N3O2S. The van der Waals surface area contributed by atoms with Crippen molar-refractivity contribution in [2.24, 2.45) is 5.92 Å². The first-order valence-electron chi connectivity index (χ1n) is 7.79. The molecule has 1 aliphatic rings.